The third kappa shape index (κ3) is 2.48. The molecule has 0 amide bonds. The highest BCUT2D eigenvalue weighted by atomic mass is 32.2. The van der Waals surface area contributed by atoms with Gasteiger partial charge in [0, 0.05) is 19.0 Å². The average Bonchev–Trinajstić information content (AvgIpc) is 2.83. The molecule has 2 heterocycles. The lowest BCUT2D eigenvalue weighted by Gasteiger charge is -2.30. The van der Waals surface area contributed by atoms with Crippen LogP contribution >= 0.6 is 12.2 Å². The summed E-state index contributed by atoms with van der Waals surface area (Å²) in [6.07, 6.45) is 4.04. The second kappa shape index (κ2) is 4.71. The van der Waals surface area contributed by atoms with E-state index in [2.05, 4.69) is 9.97 Å². The van der Waals surface area contributed by atoms with Crippen LogP contribution in [0.5, 0.6) is 0 Å². The van der Waals surface area contributed by atoms with E-state index in [-0.39, 0.29) is 10.9 Å². The van der Waals surface area contributed by atoms with Crippen molar-refractivity contribution in [2.24, 2.45) is 11.7 Å². The fraction of sp³-hybridized carbons (Fsp3) is 0.556. The summed E-state index contributed by atoms with van der Waals surface area (Å²) in [7, 11) is -3.44. The topological polar surface area (TPSA) is 92.1 Å². The Morgan fingerprint density at radius 3 is 2.65 bits per heavy atom. The monoisotopic (exact) mass is 274 g/mol. The maximum Gasteiger partial charge on any atom is 0.260 e. The lowest BCUT2D eigenvalue weighted by atomic mass is 9.98. The van der Waals surface area contributed by atoms with Gasteiger partial charge in [-0.25, -0.2) is 13.4 Å². The van der Waals surface area contributed by atoms with Gasteiger partial charge in [0.15, 0.2) is 5.03 Å². The zero-order valence-corrected chi connectivity index (χ0v) is 10.8. The molecule has 0 aromatic carbocycles. The number of nitrogens with zero attached hydrogens (tertiary/aromatic N) is 2. The number of aromatic amines is 1. The molecular formula is C9H14N4O2S2. The first-order valence-corrected chi connectivity index (χ1v) is 7.14. The minimum Gasteiger partial charge on any atom is -0.393 e. The largest absolute Gasteiger partial charge is 0.393 e. The number of hydrogen-bond donors (Lipinski definition) is 2. The highest BCUT2D eigenvalue weighted by Crippen LogP contribution is 2.22. The summed E-state index contributed by atoms with van der Waals surface area (Å²) in [4.78, 5) is 6.82. The third-order valence-electron chi connectivity index (χ3n) is 2.95. The average molecular weight is 274 g/mol. The summed E-state index contributed by atoms with van der Waals surface area (Å²) < 4.78 is 25.7. The molecule has 3 N–H and O–H groups in total. The van der Waals surface area contributed by atoms with Crippen molar-refractivity contribution >= 4 is 27.2 Å². The highest BCUT2D eigenvalue weighted by Gasteiger charge is 2.30. The Kier molecular flexibility index (Phi) is 3.45. The summed E-state index contributed by atoms with van der Waals surface area (Å²) >= 11 is 4.92. The number of rotatable bonds is 3. The predicted octanol–water partition coefficient (Wildman–Crippen LogP) is 0.0965. The van der Waals surface area contributed by atoms with Crippen LogP contribution in [0.15, 0.2) is 17.6 Å². The summed E-state index contributed by atoms with van der Waals surface area (Å²) in [6, 6.07) is 0. The Bertz CT molecular complexity index is 489. The van der Waals surface area contributed by atoms with Gasteiger partial charge in [-0.15, -0.1) is 0 Å². The first-order valence-electron chi connectivity index (χ1n) is 5.29. The molecule has 0 radical (unpaired) electrons. The van der Waals surface area contributed by atoms with Crippen molar-refractivity contribution in [2.45, 2.75) is 17.9 Å². The van der Waals surface area contributed by atoms with E-state index in [1.807, 2.05) is 0 Å². The van der Waals surface area contributed by atoms with Crippen molar-refractivity contribution in [1.82, 2.24) is 14.3 Å². The molecule has 1 aliphatic heterocycles. The molecule has 1 saturated heterocycles. The Morgan fingerprint density at radius 2 is 2.18 bits per heavy atom. The van der Waals surface area contributed by atoms with Gasteiger partial charge in [-0.1, -0.05) is 12.2 Å². The number of thiocarbonyl (C=S) groups is 1. The van der Waals surface area contributed by atoms with Crippen LogP contribution in [0.3, 0.4) is 0 Å². The molecule has 0 aliphatic carbocycles. The van der Waals surface area contributed by atoms with Crippen molar-refractivity contribution in [1.29, 1.82) is 0 Å². The number of sulfonamides is 1. The fourth-order valence-corrected chi connectivity index (χ4v) is 3.51. The van der Waals surface area contributed by atoms with E-state index >= 15 is 0 Å². The van der Waals surface area contributed by atoms with Crippen molar-refractivity contribution in [3.63, 3.8) is 0 Å². The molecule has 0 saturated carbocycles. The van der Waals surface area contributed by atoms with Crippen LogP contribution in [0.25, 0.3) is 0 Å². The normalized spacial score (nSPS) is 19.3. The van der Waals surface area contributed by atoms with Crippen LogP contribution in [0.2, 0.25) is 0 Å². The number of piperidine rings is 1. The van der Waals surface area contributed by atoms with Gasteiger partial charge in [0.25, 0.3) is 10.0 Å². The summed E-state index contributed by atoms with van der Waals surface area (Å²) in [6.45, 7) is 0.896. The number of H-pyrrole nitrogens is 1. The first-order chi connectivity index (χ1) is 8.01. The van der Waals surface area contributed by atoms with Crippen molar-refractivity contribution in [3.8, 4) is 0 Å². The van der Waals surface area contributed by atoms with E-state index in [4.69, 9.17) is 18.0 Å². The molecule has 8 heteroatoms. The number of nitrogens with two attached hydrogens (primary N) is 1. The predicted molar refractivity (Wildman–Crippen MR) is 66.9 cm³/mol. The first kappa shape index (κ1) is 12.5. The molecule has 94 valence electrons. The van der Waals surface area contributed by atoms with Crippen LogP contribution in [-0.4, -0.2) is 40.8 Å². The molecule has 1 aromatic rings. The van der Waals surface area contributed by atoms with E-state index in [0.29, 0.717) is 30.9 Å². The van der Waals surface area contributed by atoms with E-state index in [9.17, 15) is 8.42 Å². The van der Waals surface area contributed by atoms with Crippen molar-refractivity contribution in [3.05, 3.63) is 12.5 Å². The number of hydrogen-bond acceptors (Lipinski definition) is 4. The zero-order valence-electron chi connectivity index (χ0n) is 9.17. The smallest absolute Gasteiger partial charge is 0.260 e. The van der Waals surface area contributed by atoms with Crippen molar-refractivity contribution in [2.75, 3.05) is 13.1 Å². The Balaban J connectivity index is 2.09. The summed E-state index contributed by atoms with van der Waals surface area (Å²) in [5.74, 6) is 0.151. The van der Waals surface area contributed by atoms with E-state index in [1.54, 1.807) is 0 Å². The zero-order chi connectivity index (χ0) is 12.5. The highest BCUT2D eigenvalue weighted by molar-refractivity contribution is 7.89. The molecule has 6 nitrogen and oxygen atoms in total. The van der Waals surface area contributed by atoms with Crippen LogP contribution in [0.1, 0.15) is 12.8 Å². The van der Waals surface area contributed by atoms with Gasteiger partial charge in [0.05, 0.1) is 17.5 Å². The molecule has 17 heavy (non-hydrogen) atoms. The molecule has 0 unspecified atom stereocenters. The van der Waals surface area contributed by atoms with Gasteiger partial charge in [0.1, 0.15) is 0 Å². The number of aromatic nitrogens is 2. The molecule has 1 fully saturated rings. The molecule has 0 atom stereocenters. The fourth-order valence-electron chi connectivity index (χ4n) is 1.90. The Labute approximate surface area is 105 Å². The van der Waals surface area contributed by atoms with Gasteiger partial charge < -0.3 is 10.7 Å². The molecular weight excluding hydrogens is 260 g/mol. The standard InChI is InChI=1S/C9H14N4O2S2/c10-9(16)7-1-3-13(4-2-7)17(14,15)8-5-11-6-12-8/h5-7H,1-4H2,(H2,10,16)(H,11,12). The number of imidazole rings is 1. The molecule has 1 aromatic heterocycles. The second-order valence-electron chi connectivity index (χ2n) is 4.00. The van der Waals surface area contributed by atoms with Gasteiger partial charge in [-0.05, 0) is 12.8 Å². The van der Waals surface area contributed by atoms with Gasteiger partial charge >= 0.3 is 0 Å². The Hall–Kier alpha value is -0.990. The molecule has 0 spiro atoms. The molecule has 2 rings (SSSR count). The quantitative estimate of drug-likeness (QED) is 0.763. The lowest BCUT2D eigenvalue weighted by Crippen LogP contribution is -2.41. The minimum atomic E-state index is -3.44. The maximum atomic E-state index is 12.1. The van der Waals surface area contributed by atoms with Crippen LogP contribution in [-0.2, 0) is 10.0 Å². The lowest BCUT2D eigenvalue weighted by molar-refractivity contribution is 0.316. The van der Waals surface area contributed by atoms with E-state index in [0.717, 1.165) is 0 Å². The molecule has 1 aliphatic rings. The Morgan fingerprint density at radius 1 is 1.53 bits per heavy atom. The van der Waals surface area contributed by atoms with Gasteiger partial charge in [0.2, 0.25) is 0 Å². The maximum absolute atomic E-state index is 12.1. The molecule has 0 bridgehead atoms. The van der Waals surface area contributed by atoms with Crippen molar-refractivity contribution < 1.29 is 8.42 Å². The SMILES string of the molecule is NC(=S)C1CCN(S(=O)(=O)c2cnc[nH]2)CC1. The van der Waals surface area contributed by atoms with Gasteiger partial charge in [-0.2, -0.15) is 4.31 Å². The van der Waals surface area contributed by atoms with E-state index < -0.39 is 10.0 Å². The summed E-state index contributed by atoms with van der Waals surface area (Å²) in [5, 5.41) is 0.131. The van der Waals surface area contributed by atoms with Crippen LogP contribution in [0.4, 0.5) is 0 Å². The summed E-state index contributed by atoms with van der Waals surface area (Å²) in [5.41, 5.74) is 5.56. The van der Waals surface area contributed by atoms with Gasteiger partial charge in [-0.3, -0.25) is 0 Å². The van der Waals surface area contributed by atoms with Crippen LogP contribution in [0, 0.1) is 5.92 Å². The van der Waals surface area contributed by atoms with E-state index in [1.165, 1.54) is 16.8 Å². The second-order valence-corrected chi connectivity index (χ2v) is 6.37. The third-order valence-corrected chi connectivity index (χ3v) is 5.10. The minimum absolute atomic E-state index is 0.131. The number of nitrogens with one attached hydrogen (secondary N) is 1. The van der Waals surface area contributed by atoms with Crippen LogP contribution < -0.4 is 5.73 Å².